The quantitative estimate of drug-likeness (QED) is 0.230. The smallest absolute Gasteiger partial charge is 0.427 e. The molecule has 13 nitrogen and oxygen atoms in total. The lowest BCUT2D eigenvalue weighted by atomic mass is 9.82. The summed E-state index contributed by atoms with van der Waals surface area (Å²) < 4.78 is 85.3. The molecule has 1 aromatic heterocycles. The third kappa shape index (κ3) is 8.56. The number of sulfonamides is 1. The Morgan fingerprint density at radius 1 is 1.09 bits per heavy atom. The standard InChI is InChI=1S/C41H52F3N3O10S/c1-24-10-6-7-11-26-19-40(26,37(52)46-58(53,54)39(23-48)14-15-39)20-32(49)31-17-27(56-35-29-13-9-8-12-28(29)33(55-5)21-45-35)22-47(31)36(51)30(25(2)16-24)18-34(50)57-38(3,4)41(42,43)44/h7-9,11-13,21,24-27,30-31,48H,6,10,14-20,22-23H2,1-5H3,(H,46,52)/b11-7-/t24-,25-,26-,27-,30+,31+,40-/m1/s1. The average molecular weight is 836 g/mol. The van der Waals surface area contributed by atoms with E-state index >= 15 is 0 Å². The number of aromatic nitrogens is 1. The number of hydrogen-bond acceptors (Lipinski definition) is 11. The summed E-state index contributed by atoms with van der Waals surface area (Å²) in [5, 5.41) is 11.1. The van der Waals surface area contributed by atoms with Crippen LogP contribution >= 0.6 is 0 Å². The van der Waals surface area contributed by atoms with Crippen molar-refractivity contribution in [3.8, 4) is 11.6 Å². The highest BCUT2D eigenvalue weighted by molar-refractivity contribution is 7.91. The van der Waals surface area contributed by atoms with Gasteiger partial charge in [0, 0.05) is 23.6 Å². The van der Waals surface area contributed by atoms with Gasteiger partial charge in [-0.3, -0.25) is 23.9 Å². The highest BCUT2D eigenvalue weighted by atomic mass is 32.2. The summed E-state index contributed by atoms with van der Waals surface area (Å²) in [5.41, 5.74) is -4.28. The highest BCUT2D eigenvalue weighted by Gasteiger charge is 2.63. The number of ketones is 1. The van der Waals surface area contributed by atoms with Crippen molar-refractivity contribution in [2.24, 2.45) is 29.1 Å². The number of allylic oxidation sites excluding steroid dienone is 2. The normalized spacial score (nSPS) is 29.6. The molecule has 0 spiro atoms. The van der Waals surface area contributed by atoms with Gasteiger partial charge >= 0.3 is 12.1 Å². The number of carbonyl (C=O) groups excluding carboxylic acids is 4. The average Bonchev–Trinajstić information content (AvgIpc) is 4.06. The zero-order valence-corrected chi connectivity index (χ0v) is 34.2. The summed E-state index contributed by atoms with van der Waals surface area (Å²) >= 11 is 0. The number of benzene rings is 1. The molecule has 0 bridgehead atoms. The zero-order chi connectivity index (χ0) is 42.4. The third-order valence-electron chi connectivity index (χ3n) is 12.5. The number of amides is 2. The van der Waals surface area contributed by atoms with E-state index in [4.69, 9.17) is 14.2 Å². The van der Waals surface area contributed by atoms with Crippen LogP contribution in [0.15, 0.2) is 42.6 Å². The number of methoxy groups -OCH3 is 1. The molecule has 2 aliphatic heterocycles. The maximum Gasteiger partial charge on any atom is 0.427 e. The number of esters is 1. The number of pyridine rings is 1. The SMILES string of the molecule is COc1cnc(O[C@@H]2C[C@H]3C(=O)C[C@]4(C(=O)NS(=O)(=O)C5(CO)CC5)C[C@H]4/C=C\CC[C@@H](C)C[C@@H](C)[C@H](CC(=O)OC(C)(C)C(F)(F)F)C(=O)N3C2)c2ccccc12. The van der Waals surface area contributed by atoms with Gasteiger partial charge in [-0.15, -0.1) is 0 Å². The van der Waals surface area contributed by atoms with Crippen LogP contribution < -0.4 is 14.2 Å². The number of nitrogens with zero attached hydrogens (tertiary/aromatic N) is 2. The zero-order valence-electron chi connectivity index (χ0n) is 33.3. The van der Waals surface area contributed by atoms with Crippen molar-refractivity contribution in [2.75, 3.05) is 20.3 Å². The number of fused-ring (bicyclic) bond motifs is 3. The van der Waals surface area contributed by atoms with Crippen LogP contribution in [0.25, 0.3) is 10.8 Å². The largest absolute Gasteiger partial charge is 0.494 e. The summed E-state index contributed by atoms with van der Waals surface area (Å²) in [5.74, 6) is -4.80. The van der Waals surface area contributed by atoms with Crippen molar-refractivity contribution in [3.63, 3.8) is 0 Å². The van der Waals surface area contributed by atoms with E-state index in [1.165, 1.54) is 18.2 Å². The highest BCUT2D eigenvalue weighted by Crippen LogP contribution is 2.58. The van der Waals surface area contributed by atoms with Gasteiger partial charge in [-0.25, -0.2) is 13.4 Å². The molecular weight excluding hydrogens is 784 g/mol. The fourth-order valence-electron chi connectivity index (χ4n) is 8.40. The summed E-state index contributed by atoms with van der Waals surface area (Å²) in [7, 11) is -2.79. The van der Waals surface area contributed by atoms with Gasteiger partial charge < -0.3 is 24.2 Å². The number of aliphatic hydroxyl groups is 1. The number of ether oxygens (including phenoxy) is 3. The van der Waals surface area contributed by atoms with Crippen molar-refractivity contribution in [2.45, 2.75) is 114 Å². The van der Waals surface area contributed by atoms with Gasteiger partial charge in [-0.1, -0.05) is 44.2 Å². The van der Waals surface area contributed by atoms with E-state index in [0.717, 1.165) is 13.8 Å². The molecule has 2 amide bonds. The number of halogens is 3. The molecule has 1 aromatic carbocycles. The van der Waals surface area contributed by atoms with E-state index in [1.807, 2.05) is 31.2 Å². The number of carbonyl (C=O) groups is 4. The molecule has 3 heterocycles. The van der Waals surface area contributed by atoms with Crippen molar-refractivity contribution in [1.29, 1.82) is 0 Å². The van der Waals surface area contributed by atoms with Crippen molar-refractivity contribution in [1.82, 2.24) is 14.6 Å². The minimum atomic E-state index is -4.88. The van der Waals surface area contributed by atoms with Gasteiger partial charge in [-0.05, 0) is 76.2 Å². The summed E-state index contributed by atoms with van der Waals surface area (Å²) in [6, 6.07) is 5.98. The molecule has 2 saturated carbocycles. The maximum absolute atomic E-state index is 14.8. The molecule has 2 aromatic rings. The van der Waals surface area contributed by atoms with E-state index in [9.17, 15) is 45.9 Å². The first-order valence-corrected chi connectivity index (χ1v) is 21.2. The minimum Gasteiger partial charge on any atom is -0.494 e. The topological polar surface area (TPSA) is 178 Å². The second-order valence-corrected chi connectivity index (χ2v) is 19.2. The van der Waals surface area contributed by atoms with Crippen LogP contribution in [0, 0.1) is 29.1 Å². The Bertz CT molecular complexity index is 2070. The molecule has 58 heavy (non-hydrogen) atoms. The lowest BCUT2D eigenvalue weighted by Crippen LogP contribution is -2.49. The van der Waals surface area contributed by atoms with Gasteiger partial charge in [0.05, 0.1) is 50.3 Å². The van der Waals surface area contributed by atoms with Crippen molar-refractivity contribution in [3.05, 3.63) is 42.6 Å². The van der Waals surface area contributed by atoms with Crippen LogP contribution in [0.5, 0.6) is 11.6 Å². The third-order valence-corrected chi connectivity index (χ3v) is 14.6. The van der Waals surface area contributed by atoms with Crippen LogP contribution in [0.2, 0.25) is 0 Å². The van der Waals surface area contributed by atoms with E-state index in [-0.39, 0.29) is 44.0 Å². The molecule has 17 heteroatoms. The number of aliphatic hydroxyl groups excluding tert-OH is 1. The summed E-state index contributed by atoms with van der Waals surface area (Å²) in [6.07, 6.45) is 0.456. The van der Waals surface area contributed by atoms with E-state index in [2.05, 4.69) is 9.71 Å². The molecule has 1 saturated heterocycles. The van der Waals surface area contributed by atoms with Gasteiger partial charge in [0.15, 0.2) is 5.78 Å². The minimum absolute atomic E-state index is 0.00477. The van der Waals surface area contributed by atoms with E-state index < -0.39 is 105 Å². The lowest BCUT2D eigenvalue weighted by Gasteiger charge is -2.33. The second-order valence-electron chi connectivity index (χ2n) is 17.2. The monoisotopic (exact) mass is 835 g/mol. The predicted octanol–water partition coefficient (Wildman–Crippen LogP) is 5.43. The van der Waals surface area contributed by atoms with Crippen LogP contribution in [-0.2, 0) is 33.9 Å². The number of Topliss-reactive ketones (excluding diaryl/α,β-unsaturated/α-hetero) is 1. The summed E-state index contributed by atoms with van der Waals surface area (Å²) in [4.78, 5) is 62.4. The molecular formula is C41H52F3N3O10S. The molecule has 2 aliphatic carbocycles. The first kappa shape index (κ1) is 43.3. The first-order valence-electron chi connectivity index (χ1n) is 19.7. The molecule has 7 atom stereocenters. The maximum atomic E-state index is 14.8. The van der Waals surface area contributed by atoms with Crippen LogP contribution in [0.3, 0.4) is 0 Å². The molecule has 3 fully saturated rings. The van der Waals surface area contributed by atoms with Crippen LogP contribution in [-0.4, -0.2) is 95.9 Å². The Morgan fingerprint density at radius 2 is 1.78 bits per heavy atom. The fourth-order valence-corrected chi connectivity index (χ4v) is 9.87. The van der Waals surface area contributed by atoms with Crippen LogP contribution in [0.4, 0.5) is 13.2 Å². The van der Waals surface area contributed by atoms with Crippen molar-refractivity contribution >= 4 is 44.4 Å². The number of rotatable bonds is 10. The Hall–Kier alpha value is -4.25. The fraction of sp³-hybridized carbons (Fsp3) is 0.634. The Labute approximate surface area is 336 Å². The molecule has 0 unspecified atom stereocenters. The lowest BCUT2D eigenvalue weighted by molar-refractivity contribution is -0.257. The van der Waals surface area contributed by atoms with E-state index in [1.54, 1.807) is 19.1 Å². The molecule has 318 valence electrons. The molecule has 6 rings (SSSR count). The van der Waals surface area contributed by atoms with Gasteiger partial charge in [0.2, 0.25) is 33.3 Å². The van der Waals surface area contributed by atoms with Gasteiger partial charge in [-0.2, -0.15) is 13.2 Å². The number of nitrogens with one attached hydrogen (secondary N) is 1. The number of alkyl halides is 3. The first-order chi connectivity index (χ1) is 27.2. The van der Waals surface area contributed by atoms with Crippen molar-refractivity contribution < 1.29 is 60.1 Å². The van der Waals surface area contributed by atoms with Gasteiger partial charge in [0.1, 0.15) is 16.6 Å². The predicted molar refractivity (Wildman–Crippen MR) is 205 cm³/mol. The van der Waals surface area contributed by atoms with E-state index in [0.29, 0.717) is 35.8 Å². The van der Waals surface area contributed by atoms with Gasteiger partial charge in [0.25, 0.3) is 0 Å². The molecule has 4 aliphatic rings. The Balaban J connectivity index is 1.36. The number of hydrogen-bond donors (Lipinski definition) is 2. The second kappa shape index (κ2) is 16.1. The van der Waals surface area contributed by atoms with Crippen LogP contribution in [0.1, 0.15) is 85.5 Å². The molecule has 0 radical (unpaired) electrons. The Morgan fingerprint density at radius 3 is 2.41 bits per heavy atom. The molecule has 2 N–H and O–H groups in total. The Kier molecular flexibility index (Phi) is 12.0. The summed E-state index contributed by atoms with van der Waals surface area (Å²) in [6.45, 7) is 4.34.